The maximum absolute atomic E-state index is 13.3. The summed E-state index contributed by atoms with van der Waals surface area (Å²) in [4.78, 5) is 17.9. The molecule has 0 unspecified atom stereocenters. The molecule has 1 N–H and O–H groups in total. The number of likely N-dealkylation sites (tertiary alicyclic amines) is 2. The molecule has 146 valence electrons. The van der Waals surface area contributed by atoms with Gasteiger partial charge in [0, 0.05) is 38.4 Å². The highest BCUT2D eigenvalue weighted by atomic mass is 32.1. The van der Waals surface area contributed by atoms with Gasteiger partial charge in [-0.3, -0.25) is 9.69 Å². The largest absolute Gasteiger partial charge is 0.347 e. The van der Waals surface area contributed by atoms with Gasteiger partial charge in [-0.1, -0.05) is 48.5 Å². The maximum Gasteiger partial charge on any atom is 0.173 e. The Morgan fingerprint density at radius 3 is 2.04 bits per heavy atom. The van der Waals surface area contributed by atoms with Crippen LogP contribution in [0, 0.1) is 10.8 Å². The van der Waals surface area contributed by atoms with Crippen molar-refractivity contribution in [3.63, 3.8) is 0 Å². The highest BCUT2D eigenvalue weighted by molar-refractivity contribution is 7.80. The van der Waals surface area contributed by atoms with Crippen LogP contribution < -0.4 is 5.32 Å². The molecule has 2 aromatic carbocycles. The number of thiocarbonyl (C=S) groups is 1. The van der Waals surface area contributed by atoms with Crippen molar-refractivity contribution in [3.05, 3.63) is 66.2 Å². The van der Waals surface area contributed by atoms with Crippen LogP contribution in [0.3, 0.4) is 0 Å². The van der Waals surface area contributed by atoms with Crippen molar-refractivity contribution < 1.29 is 4.79 Å². The molecule has 0 aliphatic carbocycles. The molecule has 2 atom stereocenters. The topological polar surface area (TPSA) is 35.6 Å². The van der Waals surface area contributed by atoms with Crippen LogP contribution in [-0.4, -0.2) is 46.9 Å². The van der Waals surface area contributed by atoms with Gasteiger partial charge < -0.3 is 10.2 Å². The van der Waals surface area contributed by atoms with Crippen molar-refractivity contribution in [1.82, 2.24) is 9.80 Å². The smallest absolute Gasteiger partial charge is 0.173 e. The molecule has 4 rings (SSSR count). The number of carbonyl (C=O) groups is 1. The summed E-state index contributed by atoms with van der Waals surface area (Å²) in [5.74, 6) is 0.378. The second kappa shape index (κ2) is 7.30. The van der Waals surface area contributed by atoms with Gasteiger partial charge in [-0.05, 0) is 43.8 Å². The van der Waals surface area contributed by atoms with Crippen LogP contribution in [-0.2, 0) is 11.3 Å². The lowest BCUT2D eigenvalue weighted by Crippen LogP contribution is -2.69. The minimum Gasteiger partial charge on any atom is -0.347 e. The molecular weight excluding hydrogens is 366 g/mol. The Morgan fingerprint density at radius 1 is 0.929 bits per heavy atom. The summed E-state index contributed by atoms with van der Waals surface area (Å²) in [6.45, 7) is 7.92. The molecular formula is C23H27N3OS. The molecule has 28 heavy (non-hydrogen) atoms. The molecule has 5 heteroatoms. The van der Waals surface area contributed by atoms with Gasteiger partial charge in [0.05, 0.1) is 10.8 Å². The lowest BCUT2D eigenvalue weighted by Gasteiger charge is -2.55. The standard InChI is InChI=1S/C23H27N3OS/c1-22-14-25(13-18-9-5-3-6-10-18)15-23(2,20(22)27)17-26(16-22)21(28)24-19-11-7-4-8-12-19/h3-12H,13-17H2,1-2H3,(H,24,28)/t22-,23+. The van der Waals surface area contributed by atoms with Crippen LogP contribution in [0.2, 0.25) is 0 Å². The summed E-state index contributed by atoms with van der Waals surface area (Å²) in [5.41, 5.74) is 1.45. The zero-order valence-corrected chi connectivity index (χ0v) is 17.3. The van der Waals surface area contributed by atoms with E-state index >= 15 is 0 Å². The van der Waals surface area contributed by atoms with E-state index in [0.29, 0.717) is 24.0 Å². The first-order valence-electron chi connectivity index (χ1n) is 9.80. The summed E-state index contributed by atoms with van der Waals surface area (Å²) >= 11 is 5.70. The number of nitrogens with one attached hydrogen (secondary N) is 1. The number of hydrogen-bond donors (Lipinski definition) is 1. The highest BCUT2D eigenvalue weighted by Gasteiger charge is 2.56. The van der Waals surface area contributed by atoms with Crippen LogP contribution in [0.4, 0.5) is 5.69 Å². The second-order valence-corrected chi connectivity index (χ2v) is 9.12. The maximum atomic E-state index is 13.3. The monoisotopic (exact) mass is 393 g/mol. The average molecular weight is 394 g/mol. The van der Waals surface area contributed by atoms with E-state index < -0.39 is 10.8 Å². The number of anilines is 1. The molecule has 0 radical (unpaired) electrons. The predicted molar refractivity (Wildman–Crippen MR) is 117 cm³/mol. The van der Waals surface area contributed by atoms with Crippen LogP contribution in [0.15, 0.2) is 60.7 Å². The summed E-state index contributed by atoms with van der Waals surface area (Å²) in [6, 6.07) is 20.5. The average Bonchev–Trinajstić information content (AvgIpc) is 2.66. The third kappa shape index (κ3) is 3.69. The summed E-state index contributed by atoms with van der Waals surface area (Å²) in [6.07, 6.45) is 0. The number of fused-ring (bicyclic) bond motifs is 2. The third-order valence-electron chi connectivity index (χ3n) is 5.88. The minimum atomic E-state index is -0.414. The summed E-state index contributed by atoms with van der Waals surface area (Å²) in [5, 5.41) is 4.04. The SMILES string of the molecule is C[C@]12CN(Cc3ccccc3)C[C@](C)(CN(C(=S)Nc3ccccc3)C1)C2=O. The number of hydrogen-bond acceptors (Lipinski definition) is 3. The first-order valence-corrected chi connectivity index (χ1v) is 10.2. The molecule has 0 amide bonds. The van der Waals surface area contributed by atoms with Crippen LogP contribution in [0.5, 0.6) is 0 Å². The van der Waals surface area contributed by atoms with E-state index in [2.05, 4.69) is 53.2 Å². The number of rotatable bonds is 3. The molecule has 2 aromatic rings. The zero-order chi connectivity index (χ0) is 19.8. The quantitative estimate of drug-likeness (QED) is 0.803. The van der Waals surface area contributed by atoms with Crippen molar-refractivity contribution >= 4 is 28.8 Å². The van der Waals surface area contributed by atoms with E-state index in [4.69, 9.17) is 12.2 Å². The molecule has 2 aliphatic heterocycles. The van der Waals surface area contributed by atoms with Gasteiger partial charge >= 0.3 is 0 Å². The number of nitrogens with zero attached hydrogens (tertiary/aromatic N) is 2. The number of carbonyl (C=O) groups excluding carboxylic acids is 1. The third-order valence-corrected chi connectivity index (χ3v) is 6.24. The van der Waals surface area contributed by atoms with Gasteiger partial charge in [0.2, 0.25) is 0 Å². The van der Waals surface area contributed by atoms with Crippen molar-refractivity contribution in [2.24, 2.45) is 10.8 Å². The van der Waals surface area contributed by atoms with E-state index in [1.54, 1.807) is 0 Å². The predicted octanol–water partition coefficient (Wildman–Crippen LogP) is 3.80. The van der Waals surface area contributed by atoms with Crippen molar-refractivity contribution in [2.45, 2.75) is 20.4 Å². The van der Waals surface area contributed by atoms with Crippen LogP contribution in [0.1, 0.15) is 19.4 Å². The molecule has 0 saturated carbocycles. The van der Waals surface area contributed by atoms with Gasteiger partial charge in [0.15, 0.2) is 10.9 Å². The first kappa shape index (κ1) is 19.1. The van der Waals surface area contributed by atoms with Crippen molar-refractivity contribution in [2.75, 3.05) is 31.5 Å². The molecule has 2 saturated heterocycles. The number of benzene rings is 2. The van der Waals surface area contributed by atoms with Gasteiger partial charge in [-0.15, -0.1) is 0 Å². The number of piperidine rings is 2. The van der Waals surface area contributed by atoms with Gasteiger partial charge in [-0.25, -0.2) is 0 Å². The number of para-hydroxylation sites is 1. The Hall–Kier alpha value is -2.24. The van der Waals surface area contributed by atoms with Crippen LogP contribution >= 0.6 is 12.2 Å². The fourth-order valence-electron chi connectivity index (χ4n) is 4.88. The zero-order valence-electron chi connectivity index (χ0n) is 16.5. The highest BCUT2D eigenvalue weighted by Crippen LogP contribution is 2.42. The molecule has 2 fully saturated rings. The van der Waals surface area contributed by atoms with E-state index in [1.165, 1.54) is 5.56 Å². The van der Waals surface area contributed by atoms with E-state index in [1.807, 2.05) is 36.4 Å². The first-order chi connectivity index (χ1) is 13.4. The molecule has 0 aromatic heterocycles. The minimum absolute atomic E-state index is 0.378. The second-order valence-electron chi connectivity index (χ2n) is 8.73. The number of ketones is 1. The Bertz CT molecular complexity index is 848. The Morgan fingerprint density at radius 2 is 1.46 bits per heavy atom. The normalized spacial score (nSPS) is 27.5. The molecule has 2 bridgehead atoms. The van der Waals surface area contributed by atoms with Gasteiger partial charge in [0.25, 0.3) is 0 Å². The molecule has 2 aliphatic rings. The Kier molecular flexibility index (Phi) is 4.98. The van der Waals surface area contributed by atoms with Crippen LogP contribution in [0.25, 0.3) is 0 Å². The van der Waals surface area contributed by atoms with Crippen molar-refractivity contribution in [1.29, 1.82) is 0 Å². The van der Waals surface area contributed by atoms with E-state index in [0.717, 1.165) is 25.3 Å². The Labute approximate surface area is 172 Å². The fraction of sp³-hybridized carbons (Fsp3) is 0.391. The van der Waals surface area contributed by atoms with E-state index in [-0.39, 0.29) is 0 Å². The van der Waals surface area contributed by atoms with Gasteiger partial charge in [0.1, 0.15) is 0 Å². The van der Waals surface area contributed by atoms with Gasteiger partial charge in [-0.2, -0.15) is 0 Å². The summed E-state index contributed by atoms with van der Waals surface area (Å²) < 4.78 is 0. The fourth-order valence-corrected chi connectivity index (χ4v) is 5.13. The lowest BCUT2D eigenvalue weighted by molar-refractivity contribution is -0.154. The lowest BCUT2D eigenvalue weighted by atomic mass is 9.64. The van der Waals surface area contributed by atoms with Crippen molar-refractivity contribution in [3.8, 4) is 0 Å². The Balaban J connectivity index is 1.51. The molecule has 2 heterocycles. The number of Topliss-reactive ketones (excluding diaryl/α,β-unsaturated/α-hetero) is 1. The molecule has 0 spiro atoms. The van der Waals surface area contributed by atoms with E-state index in [9.17, 15) is 4.79 Å². The molecule has 4 nitrogen and oxygen atoms in total. The summed E-state index contributed by atoms with van der Waals surface area (Å²) in [7, 11) is 0.